The van der Waals surface area contributed by atoms with Gasteiger partial charge < -0.3 is 5.73 Å². The summed E-state index contributed by atoms with van der Waals surface area (Å²) in [6, 6.07) is 12.5. The van der Waals surface area contributed by atoms with Gasteiger partial charge in [0.15, 0.2) is 5.78 Å². The summed E-state index contributed by atoms with van der Waals surface area (Å²) in [5.41, 5.74) is 8.61. The molecule has 88 valence electrons. The van der Waals surface area contributed by atoms with Crippen molar-refractivity contribution in [2.24, 2.45) is 0 Å². The van der Waals surface area contributed by atoms with E-state index in [1.54, 1.807) is 24.3 Å². The predicted octanol–water partition coefficient (Wildman–Crippen LogP) is 1.77. The SMILES string of the molecule is Nc1c(C(=O)c2ccccc2)ccc2[nH]nnc12. The number of hydrogen-bond donors (Lipinski definition) is 2. The lowest BCUT2D eigenvalue weighted by Gasteiger charge is -2.04. The maximum Gasteiger partial charge on any atom is 0.195 e. The normalized spacial score (nSPS) is 10.7. The predicted molar refractivity (Wildman–Crippen MR) is 68.2 cm³/mol. The van der Waals surface area contributed by atoms with Crippen molar-refractivity contribution < 1.29 is 4.79 Å². The molecule has 0 amide bonds. The molecule has 1 heterocycles. The first kappa shape index (κ1) is 10.5. The molecule has 5 nitrogen and oxygen atoms in total. The van der Waals surface area contributed by atoms with Crippen LogP contribution < -0.4 is 5.73 Å². The van der Waals surface area contributed by atoms with Gasteiger partial charge in [0.25, 0.3) is 0 Å². The second-order valence-corrected chi connectivity index (χ2v) is 3.93. The lowest BCUT2D eigenvalue weighted by Crippen LogP contribution is -2.05. The number of aromatic amines is 1. The first-order chi connectivity index (χ1) is 8.77. The van der Waals surface area contributed by atoms with E-state index in [-0.39, 0.29) is 5.78 Å². The molecule has 0 aliphatic heterocycles. The fourth-order valence-corrected chi connectivity index (χ4v) is 1.88. The van der Waals surface area contributed by atoms with Crippen LogP contribution in [-0.2, 0) is 0 Å². The second-order valence-electron chi connectivity index (χ2n) is 3.93. The summed E-state index contributed by atoms with van der Waals surface area (Å²) in [4.78, 5) is 12.3. The van der Waals surface area contributed by atoms with Gasteiger partial charge in [0.2, 0.25) is 0 Å². The van der Waals surface area contributed by atoms with E-state index in [0.717, 1.165) is 5.52 Å². The van der Waals surface area contributed by atoms with Crippen molar-refractivity contribution in [1.29, 1.82) is 0 Å². The Morgan fingerprint density at radius 2 is 1.89 bits per heavy atom. The first-order valence-electron chi connectivity index (χ1n) is 5.46. The summed E-state index contributed by atoms with van der Waals surface area (Å²) >= 11 is 0. The summed E-state index contributed by atoms with van der Waals surface area (Å²) in [6.45, 7) is 0. The molecule has 0 saturated heterocycles. The third kappa shape index (κ3) is 1.53. The van der Waals surface area contributed by atoms with Crippen molar-refractivity contribution in [2.45, 2.75) is 0 Å². The van der Waals surface area contributed by atoms with Crippen molar-refractivity contribution in [3.63, 3.8) is 0 Å². The van der Waals surface area contributed by atoms with E-state index in [1.165, 1.54) is 0 Å². The molecule has 18 heavy (non-hydrogen) atoms. The van der Waals surface area contributed by atoms with Gasteiger partial charge in [-0.15, -0.1) is 5.10 Å². The molecule has 2 aromatic carbocycles. The summed E-state index contributed by atoms with van der Waals surface area (Å²) < 4.78 is 0. The Morgan fingerprint density at radius 3 is 2.67 bits per heavy atom. The van der Waals surface area contributed by atoms with Gasteiger partial charge in [0.05, 0.1) is 11.2 Å². The summed E-state index contributed by atoms with van der Waals surface area (Å²) in [7, 11) is 0. The Hall–Kier alpha value is -2.69. The van der Waals surface area contributed by atoms with Crippen molar-refractivity contribution >= 4 is 22.5 Å². The molecular formula is C13H10N4O. The quantitative estimate of drug-likeness (QED) is 0.526. The fourth-order valence-electron chi connectivity index (χ4n) is 1.88. The highest BCUT2D eigenvalue weighted by molar-refractivity contribution is 6.15. The minimum absolute atomic E-state index is 0.113. The number of nitrogens with two attached hydrogens (primary N) is 1. The average molecular weight is 238 g/mol. The minimum atomic E-state index is -0.113. The van der Waals surface area contributed by atoms with E-state index in [0.29, 0.717) is 22.3 Å². The number of benzene rings is 2. The summed E-state index contributed by atoms with van der Waals surface area (Å²) in [6.07, 6.45) is 0. The Labute approximate surface area is 103 Å². The Kier molecular flexibility index (Phi) is 2.30. The molecule has 3 N–H and O–H groups in total. The number of nitrogens with one attached hydrogen (secondary N) is 1. The molecule has 1 aromatic heterocycles. The smallest absolute Gasteiger partial charge is 0.195 e. The third-order valence-electron chi connectivity index (χ3n) is 2.82. The number of fused-ring (bicyclic) bond motifs is 1. The maximum atomic E-state index is 12.3. The summed E-state index contributed by atoms with van der Waals surface area (Å²) in [5.74, 6) is -0.113. The van der Waals surface area contributed by atoms with Gasteiger partial charge in [-0.1, -0.05) is 35.5 Å². The standard InChI is InChI=1S/C13H10N4O/c14-11-9(6-7-10-12(11)16-17-15-10)13(18)8-4-2-1-3-5-8/h1-7H,14H2,(H,15,16,17). The van der Waals surface area contributed by atoms with Gasteiger partial charge in [-0.2, -0.15) is 0 Å². The van der Waals surface area contributed by atoms with Crippen LogP contribution in [-0.4, -0.2) is 21.2 Å². The maximum absolute atomic E-state index is 12.3. The molecule has 5 heteroatoms. The topological polar surface area (TPSA) is 84.7 Å². The van der Waals surface area contributed by atoms with Crippen LogP contribution in [0.4, 0.5) is 5.69 Å². The van der Waals surface area contributed by atoms with Crippen LogP contribution in [0.2, 0.25) is 0 Å². The van der Waals surface area contributed by atoms with Crippen LogP contribution in [0.25, 0.3) is 11.0 Å². The van der Waals surface area contributed by atoms with Gasteiger partial charge >= 0.3 is 0 Å². The Balaban J connectivity index is 2.15. The van der Waals surface area contributed by atoms with E-state index in [2.05, 4.69) is 15.4 Å². The zero-order valence-electron chi connectivity index (χ0n) is 9.42. The highest BCUT2D eigenvalue weighted by atomic mass is 16.1. The Bertz CT molecular complexity index is 718. The molecule has 0 radical (unpaired) electrons. The first-order valence-corrected chi connectivity index (χ1v) is 5.46. The van der Waals surface area contributed by atoms with E-state index in [9.17, 15) is 4.79 Å². The highest BCUT2D eigenvalue weighted by Crippen LogP contribution is 2.23. The molecule has 0 spiro atoms. The van der Waals surface area contributed by atoms with Crippen molar-refractivity contribution in [2.75, 3.05) is 5.73 Å². The van der Waals surface area contributed by atoms with E-state index in [1.807, 2.05) is 18.2 Å². The van der Waals surface area contributed by atoms with Crippen molar-refractivity contribution in [3.05, 3.63) is 53.6 Å². The highest BCUT2D eigenvalue weighted by Gasteiger charge is 2.15. The minimum Gasteiger partial charge on any atom is -0.396 e. The zero-order valence-corrected chi connectivity index (χ0v) is 9.42. The number of aromatic nitrogens is 3. The average Bonchev–Trinajstić information content (AvgIpc) is 2.89. The number of H-pyrrole nitrogens is 1. The molecule has 0 unspecified atom stereocenters. The monoisotopic (exact) mass is 238 g/mol. The summed E-state index contributed by atoms with van der Waals surface area (Å²) in [5, 5.41) is 10.3. The van der Waals surface area contributed by atoms with Crippen LogP contribution >= 0.6 is 0 Å². The van der Waals surface area contributed by atoms with Crippen molar-refractivity contribution in [1.82, 2.24) is 15.4 Å². The van der Waals surface area contributed by atoms with Crippen LogP contribution in [0.15, 0.2) is 42.5 Å². The molecule has 0 fully saturated rings. The number of ketones is 1. The molecule has 0 atom stereocenters. The molecule has 0 aliphatic rings. The Morgan fingerprint density at radius 1 is 1.11 bits per heavy atom. The molecular weight excluding hydrogens is 228 g/mol. The molecule has 3 rings (SSSR count). The second kappa shape index (κ2) is 3.96. The van der Waals surface area contributed by atoms with E-state index < -0.39 is 0 Å². The number of rotatable bonds is 2. The number of anilines is 1. The van der Waals surface area contributed by atoms with Gasteiger partial charge in [0.1, 0.15) is 5.52 Å². The lowest BCUT2D eigenvalue weighted by atomic mass is 10.0. The fraction of sp³-hybridized carbons (Fsp3) is 0. The van der Waals surface area contributed by atoms with E-state index in [4.69, 9.17) is 5.73 Å². The van der Waals surface area contributed by atoms with Gasteiger partial charge in [-0.3, -0.25) is 9.89 Å². The zero-order chi connectivity index (χ0) is 12.5. The number of hydrogen-bond acceptors (Lipinski definition) is 4. The van der Waals surface area contributed by atoms with Gasteiger partial charge in [-0.05, 0) is 12.1 Å². The molecule has 0 saturated carbocycles. The number of nitrogens with zero attached hydrogens (tertiary/aromatic N) is 2. The van der Waals surface area contributed by atoms with Gasteiger partial charge in [0, 0.05) is 11.1 Å². The molecule has 0 aliphatic carbocycles. The largest absolute Gasteiger partial charge is 0.396 e. The molecule has 0 bridgehead atoms. The number of nitrogen functional groups attached to an aromatic ring is 1. The molecule has 3 aromatic rings. The lowest BCUT2D eigenvalue weighted by molar-refractivity contribution is 0.103. The van der Waals surface area contributed by atoms with Crippen LogP contribution in [0.5, 0.6) is 0 Å². The van der Waals surface area contributed by atoms with Crippen LogP contribution in [0.1, 0.15) is 15.9 Å². The van der Waals surface area contributed by atoms with E-state index >= 15 is 0 Å². The van der Waals surface area contributed by atoms with Crippen molar-refractivity contribution in [3.8, 4) is 0 Å². The van der Waals surface area contributed by atoms with Crippen LogP contribution in [0, 0.1) is 0 Å². The van der Waals surface area contributed by atoms with Gasteiger partial charge in [-0.25, -0.2) is 0 Å². The van der Waals surface area contributed by atoms with Crippen LogP contribution in [0.3, 0.4) is 0 Å². The number of carbonyl (C=O) groups excluding carboxylic acids is 1. The number of carbonyl (C=O) groups is 1. The third-order valence-corrected chi connectivity index (χ3v) is 2.82.